The number of anilines is 1. The van der Waals surface area contributed by atoms with Gasteiger partial charge >= 0.3 is 5.97 Å². The van der Waals surface area contributed by atoms with Gasteiger partial charge in [0.1, 0.15) is 0 Å². The molecule has 0 radical (unpaired) electrons. The highest BCUT2D eigenvalue weighted by molar-refractivity contribution is 5.68. The molecule has 110 valence electrons. The summed E-state index contributed by atoms with van der Waals surface area (Å²) in [6.07, 6.45) is 3.24. The lowest BCUT2D eigenvalue weighted by atomic mass is 10.0. The van der Waals surface area contributed by atoms with Crippen molar-refractivity contribution in [1.82, 2.24) is 0 Å². The van der Waals surface area contributed by atoms with E-state index in [9.17, 15) is 4.79 Å². The van der Waals surface area contributed by atoms with E-state index >= 15 is 0 Å². The summed E-state index contributed by atoms with van der Waals surface area (Å²) in [5, 5.41) is 8.98. The molecule has 0 bridgehead atoms. The number of carboxylic acids is 1. The molecular weight excluding hydrogens is 254 g/mol. The Morgan fingerprint density at radius 3 is 2.90 bits per heavy atom. The third-order valence-corrected chi connectivity index (χ3v) is 3.85. The summed E-state index contributed by atoms with van der Waals surface area (Å²) in [5.41, 5.74) is 2.35. The number of carboxylic acid groups (broad SMARTS) is 1. The molecular formula is C16H23NO3. The van der Waals surface area contributed by atoms with E-state index in [0.717, 1.165) is 38.2 Å². The molecule has 20 heavy (non-hydrogen) atoms. The van der Waals surface area contributed by atoms with E-state index in [1.165, 1.54) is 5.56 Å². The van der Waals surface area contributed by atoms with Crippen LogP contribution in [-0.4, -0.2) is 36.9 Å². The van der Waals surface area contributed by atoms with E-state index in [1.807, 2.05) is 12.1 Å². The zero-order valence-electron chi connectivity index (χ0n) is 12.0. The molecule has 4 heteroatoms. The van der Waals surface area contributed by atoms with Gasteiger partial charge in [-0.05, 0) is 37.8 Å². The van der Waals surface area contributed by atoms with Gasteiger partial charge in [0.15, 0.2) is 0 Å². The van der Waals surface area contributed by atoms with Crippen LogP contribution < -0.4 is 4.90 Å². The summed E-state index contributed by atoms with van der Waals surface area (Å²) in [6, 6.07) is 8.57. The van der Waals surface area contributed by atoms with Crippen LogP contribution in [0.25, 0.3) is 0 Å². The fourth-order valence-corrected chi connectivity index (χ4v) is 2.80. The van der Waals surface area contributed by atoms with E-state index in [1.54, 1.807) is 0 Å². The summed E-state index contributed by atoms with van der Waals surface area (Å²) >= 11 is 0. The molecule has 1 aromatic rings. The lowest BCUT2D eigenvalue weighted by Crippen LogP contribution is -2.37. The lowest BCUT2D eigenvalue weighted by molar-refractivity contribution is -0.136. The van der Waals surface area contributed by atoms with Gasteiger partial charge in [-0.25, -0.2) is 0 Å². The van der Waals surface area contributed by atoms with Crippen LogP contribution in [-0.2, 0) is 9.53 Å². The van der Waals surface area contributed by atoms with Crippen molar-refractivity contribution in [2.24, 2.45) is 0 Å². The number of benzene rings is 1. The van der Waals surface area contributed by atoms with Crippen LogP contribution in [0.4, 0.5) is 5.69 Å². The van der Waals surface area contributed by atoms with Crippen LogP contribution in [0.15, 0.2) is 24.3 Å². The van der Waals surface area contributed by atoms with E-state index in [0.29, 0.717) is 12.6 Å². The summed E-state index contributed by atoms with van der Waals surface area (Å²) in [4.78, 5) is 13.2. The second-order valence-corrected chi connectivity index (χ2v) is 5.32. The van der Waals surface area contributed by atoms with E-state index in [2.05, 4.69) is 24.0 Å². The van der Waals surface area contributed by atoms with Gasteiger partial charge in [-0.3, -0.25) is 4.79 Å². The Hall–Kier alpha value is -1.55. The van der Waals surface area contributed by atoms with Crippen molar-refractivity contribution >= 4 is 11.7 Å². The Kier molecular flexibility index (Phi) is 5.41. The van der Waals surface area contributed by atoms with Gasteiger partial charge in [0, 0.05) is 31.5 Å². The molecule has 1 N–H and O–H groups in total. The van der Waals surface area contributed by atoms with Crippen LogP contribution in [0.2, 0.25) is 0 Å². The number of nitrogens with zero attached hydrogens (tertiary/aromatic N) is 1. The zero-order valence-corrected chi connectivity index (χ0v) is 12.0. The van der Waals surface area contributed by atoms with Crippen LogP contribution >= 0.6 is 0 Å². The van der Waals surface area contributed by atoms with E-state index < -0.39 is 5.97 Å². The van der Waals surface area contributed by atoms with Crippen molar-refractivity contribution in [3.63, 3.8) is 0 Å². The van der Waals surface area contributed by atoms with Gasteiger partial charge in [-0.1, -0.05) is 18.2 Å². The molecule has 2 rings (SSSR count). The molecule has 4 nitrogen and oxygen atoms in total. The summed E-state index contributed by atoms with van der Waals surface area (Å²) in [5.74, 6) is -0.742. The number of ether oxygens (including phenoxy) is 1. The molecule has 0 aliphatic carbocycles. The highest BCUT2D eigenvalue weighted by Crippen LogP contribution is 2.26. The second kappa shape index (κ2) is 7.29. The minimum absolute atomic E-state index is 0.172. The molecule has 0 spiro atoms. The average molecular weight is 277 g/mol. The molecule has 1 aromatic carbocycles. The first-order chi connectivity index (χ1) is 9.68. The maximum absolute atomic E-state index is 10.9. The fourth-order valence-electron chi connectivity index (χ4n) is 2.80. The molecule has 1 aliphatic rings. The van der Waals surface area contributed by atoms with Crippen LogP contribution in [0.5, 0.6) is 0 Å². The number of aliphatic carboxylic acids is 1. The standard InChI is InChI=1S/C16H23NO3/c1-13-5-2-3-7-15(13)17(10-8-16(18)19)14-6-4-11-20-12-9-14/h2-3,5,7,14H,4,6,8-12H2,1H3,(H,18,19). The van der Waals surface area contributed by atoms with Gasteiger partial charge < -0.3 is 14.7 Å². The number of aryl methyl sites for hydroxylation is 1. The fraction of sp³-hybridized carbons (Fsp3) is 0.562. The largest absolute Gasteiger partial charge is 0.481 e. The highest BCUT2D eigenvalue weighted by Gasteiger charge is 2.22. The monoisotopic (exact) mass is 277 g/mol. The average Bonchev–Trinajstić information content (AvgIpc) is 2.70. The Morgan fingerprint density at radius 2 is 2.15 bits per heavy atom. The van der Waals surface area contributed by atoms with Gasteiger partial charge in [-0.2, -0.15) is 0 Å². The number of hydrogen-bond acceptors (Lipinski definition) is 3. The Labute approximate surface area is 120 Å². The first kappa shape index (κ1) is 14.9. The molecule has 0 aromatic heterocycles. The molecule has 0 amide bonds. The van der Waals surface area contributed by atoms with Gasteiger partial charge in [0.05, 0.1) is 6.42 Å². The minimum atomic E-state index is -0.742. The molecule has 1 saturated heterocycles. The Morgan fingerprint density at radius 1 is 1.35 bits per heavy atom. The van der Waals surface area contributed by atoms with Crippen molar-refractivity contribution in [1.29, 1.82) is 0 Å². The number of rotatable bonds is 5. The second-order valence-electron chi connectivity index (χ2n) is 5.32. The first-order valence-corrected chi connectivity index (χ1v) is 7.30. The SMILES string of the molecule is Cc1ccccc1N(CCC(=O)O)C1CCCOCC1. The number of carbonyl (C=O) groups is 1. The van der Waals surface area contributed by atoms with E-state index in [-0.39, 0.29) is 6.42 Å². The van der Waals surface area contributed by atoms with Crippen molar-refractivity contribution in [3.8, 4) is 0 Å². The topological polar surface area (TPSA) is 49.8 Å². The predicted molar refractivity (Wildman–Crippen MR) is 79.2 cm³/mol. The maximum atomic E-state index is 10.9. The third kappa shape index (κ3) is 3.97. The summed E-state index contributed by atoms with van der Waals surface area (Å²) in [6.45, 7) is 4.22. The van der Waals surface area contributed by atoms with Crippen LogP contribution in [0.1, 0.15) is 31.2 Å². The van der Waals surface area contributed by atoms with Crippen molar-refractivity contribution < 1.29 is 14.6 Å². The van der Waals surface area contributed by atoms with Gasteiger partial charge in [0.25, 0.3) is 0 Å². The highest BCUT2D eigenvalue weighted by atomic mass is 16.5. The van der Waals surface area contributed by atoms with Gasteiger partial charge in [0.2, 0.25) is 0 Å². The normalized spacial score (nSPS) is 19.4. The van der Waals surface area contributed by atoms with Crippen molar-refractivity contribution in [3.05, 3.63) is 29.8 Å². The number of para-hydroxylation sites is 1. The van der Waals surface area contributed by atoms with Crippen molar-refractivity contribution in [2.45, 2.75) is 38.6 Å². The third-order valence-electron chi connectivity index (χ3n) is 3.85. The first-order valence-electron chi connectivity index (χ1n) is 7.30. The molecule has 1 atom stereocenters. The Balaban J connectivity index is 2.19. The molecule has 0 saturated carbocycles. The summed E-state index contributed by atoms with van der Waals surface area (Å²) in [7, 11) is 0. The predicted octanol–water partition coefficient (Wildman–Crippen LogP) is 2.85. The molecule has 1 aliphatic heterocycles. The molecule has 1 unspecified atom stereocenters. The van der Waals surface area contributed by atoms with Crippen molar-refractivity contribution in [2.75, 3.05) is 24.7 Å². The van der Waals surface area contributed by atoms with Crippen LogP contribution in [0.3, 0.4) is 0 Å². The maximum Gasteiger partial charge on any atom is 0.305 e. The number of hydrogen-bond donors (Lipinski definition) is 1. The van der Waals surface area contributed by atoms with Gasteiger partial charge in [-0.15, -0.1) is 0 Å². The quantitative estimate of drug-likeness (QED) is 0.899. The summed E-state index contributed by atoms with van der Waals surface area (Å²) < 4.78 is 5.52. The molecule has 1 heterocycles. The lowest BCUT2D eigenvalue weighted by Gasteiger charge is -2.33. The Bertz CT molecular complexity index is 439. The smallest absolute Gasteiger partial charge is 0.305 e. The molecule has 1 fully saturated rings. The van der Waals surface area contributed by atoms with Crippen LogP contribution in [0, 0.1) is 6.92 Å². The zero-order chi connectivity index (χ0) is 14.4. The van der Waals surface area contributed by atoms with E-state index in [4.69, 9.17) is 9.84 Å². The minimum Gasteiger partial charge on any atom is -0.481 e.